The van der Waals surface area contributed by atoms with Crippen LogP contribution in [0.15, 0.2) is 54.9 Å². The summed E-state index contributed by atoms with van der Waals surface area (Å²) in [5, 5.41) is 18.7. The Hall–Kier alpha value is -4.47. The van der Waals surface area contributed by atoms with Gasteiger partial charge in [-0.2, -0.15) is 10.2 Å². The normalized spacial score (nSPS) is 14.1. The van der Waals surface area contributed by atoms with Crippen LogP contribution in [-0.2, 0) is 4.79 Å². The van der Waals surface area contributed by atoms with Gasteiger partial charge in [0, 0.05) is 55.4 Å². The summed E-state index contributed by atoms with van der Waals surface area (Å²) in [7, 11) is 0. The Labute approximate surface area is 195 Å². The van der Waals surface area contributed by atoms with Gasteiger partial charge in [-0.05, 0) is 30.3 Å². The number of benzene rings is 2. The number of aromatic nitrogens is 6. The molecule has 0 atom stereocenters. The molecule has 0 radical (unpaired) electrons. The molecule has 3 N–H and O–H groups in total. The quantitative estimate of drug-likeness (QED) is 0.382. The van der Waals surface area contributed by atoms with Gasteiger partial charge in [0.2, 0.25) is 5.91 Å². The number of fused-ring (bicyclic) bond motifs is 2. The minimum Gasteiger partial charge on any atom is -0.368 e. The Bertz CT molecular complexity index is 1480. The molecule has 2 aromatic carbocycles. The summed E-state index contributed by atoms with van der Waals surface area (Å²) in [5.41, 5.74) is 5.35. The summed E-state index contributed by atoms with van der Waals surface area (Å²) in [6.07, 6.45) is 3.49. The van der Waals surface area contributed by atoms with E-state index < -0.39 is 0 Å². The van der Waals surface area contributed by atoms with Gasteiger partial charge < -0.3 is 15.1 Å². The van der Waals surface area contributed by atoms with Crippen LogP contribution in [0.4, 0.5) is 17.2 Å². The number of piperazine rings is 1. The molecular weight excluding hydrogens is 430 g/mol. The third kappa shape index (κ3) is 3.68. The maximum Gasteiger partial charge on any atom is 0.219 e. The average molecular weight is 454 g/mol. The number of rotatable bonds is 4. The van der Waals surface area contributed by atoms with Crippen molar-refractivity contribution in [2.45, 2.75) is 6.92 Å². The lowest BCUT2D eigenvalue weighted by Gasteiger charge is -2.35. The fraction of sp³-hybridized carbons (Fsp3) is 0.208. The smallest absolute Gasteiger partial charge is 0.219 e. The zero-order valence-corrected chi connectivity index (χ0v) is 18.6. The molecule has 170 valence electrons. The molecule has 4 heterocycles. The molecule has 1 aliphatic rings. The summed E-state index contributed by atoms with van der Waals surface area (Å²) in [4.78, 5) is 25.2. The highest BCUT2D eigenvalue weighted by atomic mass is 16.2. The van der Waals surface area contributed by atoms with Gasteiger partial charge in [0.25, 0.3) is 0 Å². The molecule has 0 unspecified atom stereocenters. The van der Waals surface area contributed by atoms with Gasteiger partial charge in [0.05, 0.1) is 17.9 Å². The topological polar surface area (TPSA) is 119 Å². The lowest BCUT2D eigenvalue weighted by Crippen LogP contribution is -2.48. The van der Waals surface area contributed by atoms with Crippen LogP contribution < -0.4 is 10.2 Å². The standard InChI is InChI=1S/C24H23N9O/c1-15(34)32-8-10-33(11-9-32)19-6-4-18(5-7-19)27-24-22-21(14-26-31-22)28-23(29-24)16-2-3-17-13-25-30-20(17)12-16/h2-7,12-14H,8-11H2,1H3,(H,25,30)(H,26,31)(H,27,28,29). The Morgan fingerprint density at radius 1 is 0.941 bits per heavy atom. The molecule has 1 fully saturated rings. The largest absolute Gasteiger partial charge is 0.368 e. The number of anilines is 3. The number of nitrogens with zero attached hydrogens (tertiary/aromatic N) is 6. The minimum absolute atomic E-state index is 0.137. The zero-order chi connectivity index (χ0) is 23.1. The molecule has 1 aliphatic heterocycles. The average Bonchev–Trinajstić information content (AvgIpc) is 3.53. The van der Waals surface area contributed by atoms with Crippen LogP contribution in [0.1, 0.15) is 6.92 Å². The van der Waals surface area contributed by atoms with Crippen molar-refractivity contribution >= 4 is 45.0 Å². The van der Waals surface area contributed by atoms with Crippen LogP contribution in [0, 0.1) is 0 Å². The molecule has 3 aromatic heterocycles. The van der Waals surface area contributed by atoms with E-state index in [1.54, 1.807) is 19.3 Å². The number of nitrogens with one attached hydrogen (secondary N) is 3. The second kappa shape index (κ2) is 8.14. The minimum atomic E-state index is 0.137. The second-order valence-electron chi connectivity index (χ2n) is 8.36. The summed E-state index contributed by atoms with van der Waals surface area (Å²) >= 11 is 0. The van der Waals surface area contributed by atoms with E-state index in [2.05, 4.69) is 47.7 Å². The number of H-pyrrole nitrogens is 2. The van der Waals surface area contributed by atoms with E-state index in [0.717, 1.165) is 65.1 Å². The maximum absolute atomic E-state index is 11.6. The first-order valence-electron chi connectivity index (χ1n) is 11.2. The SMILES string of the molecule is CC(=O)N1CCN(c2ccc(Nc3nc(-c4ccc5cn[nH]c5c4)nc4cn[nH]c34)cc2)CC1. The highest BCUT2D eigenvalue weighted by Crippen LogP contribution is 2.28. The lowest BCUT2D eigenvalue weighted by atomic mass is 10.1. The van der Waals surface area contributed by atoms with Gasteiger partial charge >= 0.3 is 0 Å². The second-order valence-corrected chi connectivity index (χ2v) is 8.36. The number of carbonyl (C=O) groups is 1. The molecule has 1 saturated heterocycles. The van der Waals surface area contributed by atoms with Gasteiger partial charge in [0.1, 0.15) is 11.0 Å². The summed E-state index contributed by atoms with van der Waals surface area (Å²) in [5.74, 6) is 1.40. The van der Waals surface area contributed by atoms with Crippen molar-refractivity contribution in [2.24, 2.45) is 0 Å². The van der Waals surface area contributed by atoms with Crippen molar-refractivity contribution in [2.75, 3.05) is 36.4 Å². The number of hydrogen-bond acceptors (Lipinski definition) is 7. The van der Waals surface area contributed by atoms with E-state index in [1.165, 1.54) is 0 Å². The maximum atomic E-state index is 11.6. The Kier molecular flexibility index (Phi) is 4.83. The van der Waals surface area contributed by atoms with Gasteiger partial charge in [-0.25, -0.2) is 9.97 Å². The van der Waals surface area contributed by atoms with Crippen LogP contribution in [0.5, 0.6) is 0 Å². The first-order valence-corrected chi connectivity index (χ1v) is 11.2. The molecule has 0 spiro atoms. The zero-order valence-electron chi connectivity index (χ0n) is 18.6. The number of hydrogen-bond donors (Lipinski definition) is 3. The van der Waals surface area contributed by atoms with Gasteiger partial charge in [-0.3, -0.25) is 15.0 Å². The molecule has 10 heteroatoms. The van der Waals surface area contributed by atoms with Crippen molar-refractivity contribution in [1.29, 1.82) is 0 Å². The van der Waals surface area contributed by atoms with Crippen LogP contribution in [0.2, 0.25) is 0 Å². The van der Waals surface area contributed by atoms with Gasteiger partial charge in [0.15, 0.2) is 11.6 Å². The third-order valence-corrected chi connectivity index (χ3v) is 6.22. The van der Waals surface area contributed by atoms with Crippen LogP contribution in [-0.4, -0.2) is 67.3 Å². The van der Waals surface area contributed by atoms with Crippen molar-refractivity contribution in [3.8, 4) is 11.4 Å². The highest BCUT2D eigenvalue weighted by Gasteiger charge is 2.19. The lowest BCUT2D eigenvalue weighted by molar-refractivity contribution is -0.129. The van der Waals surface area contributed by atoms with Gasteiger partial charge in [-0.1, -0.05) is 12.1 Å². The Morgan fingerprint density at radius 3 is 2.53 bits per heavy atom. The molecule has 0 aliphatic carbocycles. The van der Waals surface area contributed by atoms with E-state index in [9.17, 15) is 4.79 Å². The molecule has 34 heavy (non-hydrogen) atoms. The highest BCUT2D eigenvalue weighted by molar-refractivity contribution is 5.90. The first-order chi connectivity index (χ1) is 16.6. The Balaban J connectivity index is 1.26. The van der Waals surface area contributed by atoms with Crippen LogP contribution >= 0.6 is 0 Å². The molecule has 0 bridgehead atoms. The van der Waals surface area contributed by atoms with E-state index in [-0.39, 0.29) is 5.91 Å². The molecule has 6 rings (SSSR count). The molecule has 1 amide bonds. The monoisotopic (exact) mass is 453 g/mol. The molecule has 5 aromatic rings. The third-order valence-electron chi connectivity index (χ3n) is 6.22. The van der Waals surface area contributed by atoms with E-state index in [4.69, 9.17) is 4.98 Å². The van der Waals surface area contributed by atoms with E-state index in [1.807, 2.05) is 35.2 Å². The fourth-order valence-electron chi connectivity index (χ4n) is 4.31. The fourth-order valence-corrected chi connectivity index (χ4v) is 4.31. The number of amides is 1. The van der Waals surface area contributed by atoms with Crippen LogP contribution in [0.3, 0.4) is 0 Å². The number of carbonyl (C=O) groups excluding carboxylic acids is 1. The van der Waals surface area contributed by atoms with Crippen molar-refractivity contribution in [3.63, 3.8) is 0 Å². The predicted octanol–water partition coefficient (Wildman–Crippen LogP) is 3.31. The van der Waals surface area contributed by atoms with Gasteiger partial charge in [-0.15, -0.1) is 0 Å². The number of aromatic amines is 2. The molecule has 0 saturated carbocycles. The van der Waals surface area contributed by atoms with Crippen molar-refractivity contribution in [3.05, 3.63) is 54.9 Å². The van der Waals surface area contributed by atoms with Crippen molar-refractivity contribution < 1.29 is 4.79 Å². The first kappa shape index (κ1) is 20.2. The predicted molar refractivity (Wildman–Crippen MR) is 131 cm³/mol. The molecule has 10 nitrogen and oxygen atoms in total. The van der Waals surface area contributed by atoms with E-state index >= 15 is 0 Å². The molecular formula is C24H23N9O. The summed E-state index contributed by atoms with van der Waals surface area (Å²) in [6, 6.07) is 14.2. The summed E-state index contributed by atoms with van der Waals surface area (Å²) in [6.45, 7) is 4.79. The van der Waals surface area contributed by atoms with Crippen LogP contribution in [0.25, 0.3) is 33.3 Å². The Morgan fingerprint density at radius 2 is 1.74 bits per heavy atom. The van der Waals surface area contributed by atoms with Crippen molar-refractivity contribution in [1.82, 2.24) is 35.3 Å². The summed E-state index contributed by atoms with van der Waals surface area (Å²) < 4.78 is 0. The van der Waals surface area contributed by atoms with E-state index in [0.29, 0.717) is 11.6 Å².